The maximum atomic E-state index is 11.9. The third kappa shape index (κ3) is 5.12. The van der Waals surface area contributed by atoms with Crippen molar-refractivity contribution in [3.63, 3.8) is 0 Å². The van der Waals surface area contributed by atoms with Gasteiger partial charge in [-0.1, -0.05) is 18.2 Å². The van der Waals surface area contributed by atoms with Crippen LogP contribution in [0.15, 0.2) is 48.5 Å². The molecule has 2 aromatic carbocycles. The Kier molecular flexibility index (Phi) is 6.37. The Balaban J connectivity index is 1.74. The molecule has 2 rings (SSSR count). The van der Waals surface area contributed by atoms with Crippen molar-refractivity contribution >= 4 is 17.4 Å². The number of methoxy groups -OCH3 is 1. The quantitative estimate of drug-likeness (QED) is 0.732. The first-order valence-electron chi connectivity index (χ1n) is 7.83. The molecule has 0 heterocycles. The fraction of sp³-hybridized carbons (Fsp3) is 0.263. The number of ketones is 1. The fourth-order valence-electron chi connectivity index (χ4n) is 2.31. The molecule has 0 spiro atoms. The molecule has 0 saturated carbocycles. The normalized spacial score (nSPS) is 10.1. The van der Waals surface area contributed by atoms with E-state index in [1.807, 2.05) is 24.3 Å². The highest BCUT2D eigenvalue weighted by molar-refractivity contribution is 5.94. The first-order valence-corrected chi connectivity index (χ1v) is 7.83. The van der Waals surface area contributed by atoms with Crippen LogP contribution in [0.25, 0.3) is 0 Å². The van der Waals surface area contributed by atoms with Crippen LogP contribution in [0.4, 0.5) is 5.69 Å². The summed E-state index contributed by atoms with van der Waals surface area (Å²) >= 11 is 0. The minimum Gasteiger partial charge on any atom is -0.496 e. The standard InChI is InChI=1S/C19H22N2O3/c1-14(22)15-7-9-17(10-8-15)21-13-19(23)20-12-11-16-5-3-4-6-18(16)24-2/h3-10,21H,11-13H2,1-2H3,(H,20,23). The number of ether oxygens (including phenoxy) is 1. The van der Waals surface area contributed by atoms with Gasteiger partial charge in [-0.2, -0.15) is 0 Å². The van der Waals surface area contributed by atoms with Crippen LogP contribution in [0.5, 0.6) is 5.75 Å². The number of hydrogen-bond acceptors (Lipinski definition) is 4. The van der Waals surface area contributed by atoms with Crippen molar-refractivity contribution in [2.75, 3.05) is 25.5 Å². The van der Waals surface area contributed by atoms with Crippen LogP contribution in [-0.4, -0.2) is 31.9 Å². The number of nitrogens with one attached hydrogen (secondary N) is 2. The number of carbonyl (C=O) groups excluding carboxylic acids is 2. The molecule has 0 radical (unpaired) electrons. The third-order valence-electron chi connectivity index (χ3n) is 3.65. The van der Waals surface area contributed by atoms with Crippen molar-refractivity contribution in [2.24, 2.45) is 0 Å². The van der Waals surface area contributed by atoms with E-state index in [0.717, 1.165) is 17.0 Å². The maximum absolute atomic E-state index is 11.9. The summed E-state index contributed by atoms with van der Waals surface area (Å²) in [4.78, 5) is 23.1. The van der Waals surface area contributed by atoms with E-state index in [9.17, 15) is 9.59 Å². The summed E-state index contributed by atoms with van der Waals surface area (Å²) in [5, 5.41) is 5.90. The molecule has 5 heteroatoms. The molecule has 2 aromatic rings. The topological polar surface area (TPSA) is 67.4 Å². The second kappa shape index (κ2) is 8.72. The summed E-state index contributed by atoms with van der Waals surface area (Å²) in [5.41, 5.74) is 2.52. The van der Waals surface area contributed by atoms with Gasteiger partial charge in [0.25, 0.3) is 0 Å². The number of hydrogen-bond donors (Lipinski definition) is 2. The van der Waals surface area contributed by atoms with Crippen LogP contribution in [0, 0.1) is 0 Å². The summed E-state index contributed by atoms with van der Waals surface area (Å²) in [7, 11) is 1.64. The monoisotopic (exact) mass is 326 g/mol. The number of Topliss-reactive ketones (excluding diaryl/α,β-unsaturated/α-hetero) is 1. The maximum Gasteiger partial charge on any atom is 0.239 e. The number of rotatable bonds is 8. The summed E-state index contributed by atoms with van der Waals surface area (Å²) in [6.45, 7) is 2.26. The van der Waals surface area contributed by atoms with E-state index >= 15 is 0 Å². The molecule has 0 fully saturated rings. The first kappa shape index (κ1) is 17.5. The van der Waals surface area contributed by atoms with Crippen molar-refractivity contribution in [3.8, 4) is 5.75 Å². The van der Waals surface area contributed by atoms with Gasteiger partial charge in [-0.25, -0.2) is 0 Å². The minimum atomic E-state index is -0.0828. The lowest BCUT2D eigenvalue weighted by molar-refractivity contribution is -0.119. The smallest absolute Gasteiger partial charge is 0.239 e. The second-order valence-corrected chi connectivity index (χ2v) is 5.40. The van der Waals surface area contributed by atoms with Gasteiger partial charge in [-0.3, -0.25) is 9.59 Å². The van der Waals surface area contributed by atoms with Crippen LogP contribution in [-0.2, 0) is 11.2 Å². The fourth-order valence-corrected chi connectivity index (χ4v) is 2.31. The zero-order valence-corrected chi connectivity index (χ0v) is 14.0. The highest BCUT2D eigenvalue weighted by atomic mass is 16.5. The Morgan fingerprint density at radius 2 is 1.75 bits per heavy atom. The molecule has 0 aliphatic heterocycles. The first-order chi connectivity index (χ1) is 11.6. The molecule has 0 aromatic heterocycles. The number of carbonyl (C=O) groups is 2. The van der Waals surface area contributed by atoms with Gasteiger partial charge in [0.15, 0.2) is 5.78 Å². The average molecular weight is 326 g/mol. The number of amides is 1. The number of para-hydroxylation sites is 1. The van der Waals surface area contributed by atoms with Crippen LogP contribution in [0.2, 0.25) is 0 Å². The van der Waals surface area contributed by atoms with E-state index in [1.54, 1.807) is 31.4 Å². The molecule has 5 nitrogen and oxygen atoms in total. The molecular weight excluding hydrogens is 304 g/mol. The molecule has 1 amide bonds. The summed E-state index contributed by atoms with van der Waals surface area (Å²) in [6.07, 6.45) is 0.711. The minimum absolute atomic E-state index is 0.0237. The Morgan fingerprint density at radius 1 is 1.04 bits per heavy atom. The van der Waals surface area contributed by atoms with Gasteiger partial charge >= 0.3 is 0 Å². The van der Waals surface area contributed by atoms with Crippen molar-refractivity contribution in [2.45, 2.75) is 13.3 Å². The Labute approximate surface area is 142 Å². The molecule has 126 valence electrons. The molecule has 24 heavy (non-hydrogen) atoms. The lowest BCUT2D eigenvalue weighted by Gasteiger charge is -2.10. The van der Waals surface area contributed by atoms with Crippen molar-refractivity contribution in [1.82, 2.24) is 5.32 Å². The number of benzene rings is 2. The summed E-state index contributed by atoms with van der Waals surface area (Å²) < 4.78 is 5.29. The predicted molar refractivity (Wildman–Crippen MR) is 94.6 cm³/mol. The van der Waals surface area contributed by atoms with Crippen LogP contribution >= 0.6 is 0 Å². The zero-order valence-electron chi connectivity index (χ0n) is 14.0. The van der Waals surface area contributed by atoms with E-state index < -0.39 is 0 Å². The average Bonchev–Trinajstić information content (AvgIpc) is 2.60. The molecule has 0 saturated heterocycles. The lowest BCUT2D eigenvalue weighted by atomic mass is 10.1. The number of anilines is 1. The Morgan fingerprint density at radius 3 is 2.42 bits per heavy atom. The van der Waals surface area contributed by atoms with Crippen molar-refractivity contribution in [1.29, 1.82) is 0 Å². The largest absolute Gasteiger partial charge is 0.496 e. The zero-order chi connectivity index (χ0) is 17.4. The van der Waals surface area contributed by atoms with E-state index in [0.29, 0.717) is 18.5 Å². The lowest BCUT2D eigenvalue weighted by Crippen LogP contribution is -2.31. The molecular formula is C19H22N2O3. The molecule has 0 bridgehead atoms. The molecule has 0 aliphatic carbocycles. The summed E-state index contributed by atoms with van der Waals surface area (Å²) in [6, 6.07) is 14.8. The van der Waals surface area contributed by atoms with Gasteiger partial charge in [0.2, 0.25) is 5.91 Å². The highest BCUT2D eigenvalue weighted by Crippen LogP contribution is 2.17. The molecule has 2 N–H and O–H groups in total. The highest BCUT2D eigenvalue weighted by Gasteiger charge is 2.04. The van der Waals surface area contributed by atoms with E-state index in [-0.39, 0.29) is 18.2 Å². The predicted octanol–water partition coefficient (Wildman–Crippen LogP) is 2.67. The summed E-state index contributed by atoms with van der Waals surface area (Å²) in [5.74, 6) is 0.770. The van der Waals surface area contributed by atoms with Gasteiger partial charge < -0.3 is 15.4 Å². The van der Waals surface area contributed by atoms with E-state index in [4.69, 9.17) is 4.74 Å². The van der Waals surface area contributed by atoms with Gasteiger partial charge in [-0.05, 0) is 49.2 Å². The van der Waals surface area contributed by atoms with Gasteiger partial charge in [0.05, 0.1) is 13.7 Å². The van der Waals surface area contributed by atoms with Crippen molar-refractivity contribution < 1.29 is 14.3 Å². The SMILES string of the molecule is COc1ccccc1CCNC(=O)CNc1ccc(C(C)=O)cc1. The van der Waals surface area contributed by atoms with Crippen molar-refractivity contribution in [3.05, 3.63) is 59.7 Å². The molecule has 0 atom stereocenters. The van der Waals surface area contributed by atoms with Crippen LogP contribution < -0.4 is 15.4 Å². The van der Waals surface area contributed by atoms with E-state index in [1.165, 1.54) is 6.92 Å². The Bertz CT molecular complexity index is 696. The second-order valence-electron chi connectivity index (χ2n) is 5.40. The van der Waals surface area contributed by atoms with Crippen LogP contribution in [0.3, 0.4) is 0 Å². The van der Waals surface area contributed by atoms with E-state index in [2.05, 4.69) is 10.6 Å². The Hall–Kier alpha value is -2.82. The van der Waals surface area contributed by atoms with Gasteiger partial charge in [-0.15, -0.1) is 0 Å². The third-order valence-corrected chi connectivity index (χ3v) is 3.65. The van der Waals surface area contributed by atoms with Crippen LogP contribution in [0.1, 0.15) is 22.8 Å². The van der Waals surface area contributed by atoms with Gasteiger partial charge in [0, 0.05) is 17.8 Å². The van der Waals surface area contributed by atoms with Gasteiger partial charge in [0.1, 0.15) is 5.75 Å². The molecule has 0 unspecified atom stereocenters. The molecule has 0 aliphatic rings.